The van der Waals surface area contributed by atoms with Gasteiger partial charge in [0.15, 0.2) is 0 Å². The van der Waals surface area contributed by atoms with E-state index in [1.807, 2.05) is 0 Å². The SMILES string of the molecule is C[n+]1c2ccccc2c(Nc2ccc(N3CCCCC3)cc2)c2[nH]c3ccccc3c21. The molecule has 1 aliphatic rings. The van der Waals surface area contributed by atoms with E-state index in [-0.39, 0.29) is 0 Å². The Labute approximate surface area is 182 Å². The number of benzene rings is 3. The average Bonchev–Trinajstić information content (AvgIpc) is 3.23. The molecule has 1 saturated heterocycles. The van der Waals surface area contributed by atoms with Crippen LogP contribution in [0.25, 0.3) is 32.8 Å². The Morgan fingerprint density at radius 2 is 1.52 bits per heavy atom. The monoisotopic (exact) mass is 407 g/mol. The molecule has 1 fully saturated rings. The molecule has 31 heavy (non-hydrogen) atoms. The van der Waals surface area contributed by atoms with Crippen molar-refractivity contribution in [2.24, 2.45) is 7.05 Å². The number of piperidine rings is 1. The van der Waals surface area contributed by atoms with Crippen LogP contribution < -0.4 is 14.8 Å². The van der Waals surface area contributed by atoms with Crippen molar-refractivity contribution in [2.75, 3.05) is 23.3 Å². The van der Waals surface area contributed by atoms with Crippen molar-refractivity contribution in [3.05, 3.63) is 72.8 Å². The van der Waals surface area contributed by atoms with Crippen LogP contribution in [0, 0.1) is 0 Å². The first-order valence-electron chi connectivity index (χ1n) is 11.2. The van der Waals surface area contributed by atoms with Crippen molar-refractivity contribution >= 4 is 49.9 Å². The summed E-state index contributed by atoms with van der Waals surface area (Å²) in [6.45, 7) is 2.34. The van der Waals surface area contributed by atoms with Crippen LogP contribution in [0.1, 0.15) is 19.3 Å². The molecule has 5 aromatic rings. The lowest BCUT2D eigenvalue weighted by Gasteiger charge is -2.28. The van der Waals surface area contributed by atoms with Gasteiger partial charge in [-0.3, -0.25) is 0 Å². The highest BCUT2D eigenvalue weighted by Gasteiger charge is 2.22. The molecular formula is C27H27N4+. The maximum absolute atomic E-state index is 3.75. The van der Waals surface area contributed by atoms with Crippen molar-refractivity contribution < 1.29 is 4.57 Å². The Kier molecular flexibility index (Phi) is 4.30. The number of fused-ring (bicyclic) bond motifs is 4. The number of H-pyrrole nitrogens is 1. The quantitative estimate of drug-likeness (QED) is 0.358. The Hall–Kier alpha value is -3.53. The van der Waals surface area contributed by atoms with Crippen LogP contribution in [-0.2, 0) is 7.05 Å². The fraction of sp³-hybridized carbons (Fsp3) is 0.222. The number of aryl methyl sites for hydroxylation is 1. The van der Waals surface area contributed by atoms with Crippen LogP contribution in [0.3, 0.4) is 0 Å². The van der Waals surface area contributed by atoms with Gasteiger partial charge in [-0.05, 0) is 61.7 Å². The second kappa shape index (κ2) is 7.31. The number of hydrogen-bond acceptors (Lipinski definition) is 2. The largest absolute Gasteiger partial charge is 0.372 e. The molecule has 0 unspecified atom stereocenters. The first kappa shape index (κ1) is 18.3. The van der Waals surface area contributed by atoms with Crippen LogP contribution in [-0.4, -0.2) is 18.1 Å². The predicted octanol–water partition coefficient (Wildman–Crippen LogP) is 6.03. The summed E-state index contributed by atoms with van der Waals surface area (Å²) < 4.78 is 2.30. The molecule has 6 rings (SSSR count). The zero-order valence-corrected chi connectivity index (χ0v) is 17.9. The molecule has 0 saturated carbocycles. The van der Waals surface area contributed by atoms with Gasteiger partial charge in [0.2, 0.25) is 11.0 Å². The number of pyridine rings is 1. The van der Waals surface area contributed by atoms with E-state index in [1.165, 1.54) is 59.8 Å². The molecule has 3 aromatic carbocycles. The summed E-state index contributed by atoms with van der Waals surface area (Å²) in [7, 11) is 2.15. The number of nitrogens with zero attached hydrogens (tertiary/aromatic N) is 2. The van der Waals surface area contributed by atoms with Gasteiger partial charge in [-0.1, -0.05) is 24.3 Å². The number of para-hydroxylation sites is 2. The van der Waals surface area contributed by atoms with E-state index in [2.05, 4.69) is 99.6 Å². The average molecular weight is 408 g/mol. The van der Waals surface area contributed by atoms with Crippen LogP contribution in [0.5, 0.6) is 0 Å². The molecule has 0 aliphatic carbocycles. The third kappa shape index (κ3) is 3.02. The number of aromatic amines is 1. The van der Waals surface area contributed by atoms with Gasteiger partial charge in [0, 0.05) is 30.5 Å². The first-order valence-corrected chi connectivity index (χ1v) is 11.2. The molecule has 0 bridgehead atoms. The topological polar surface area (TPSA) is 34.9 Å². The van der Waals surface area contributed by atoms with Crippen molar-refractivity contribution in [1.29, 1.82) is 0 Å². The Morgan fingerprint density at radius 1 is 0.806 bits per heavy atom. The van der Waals surface area contributed by atoms with Crippen LogP contribution in [0.4, 0.5) is 17.1 Å². The van der Waals surface area contributed by atoms with Gasteiger partial charge in [0.05, 0.1) is 22.0 Å². The fourth-order valence-corrected chi connectivity index (χ4v) is 5.07. The van der Waals surface area contributed by atoms with Crippen molar-refractivity contribution in [2.45, 2.75) is 19.3 Å². The number of rotatable bonds is 3. The summed E-state index contributed by atoms with van der Waals surface area (Å²) in [5.41, 5.74) is 8.30. The van der Waals surface area contributed by atoms with Gasteiger partial charge in [-0.25, -0.2) is 0 Å². The van der Waals surface area contributed by atoms with Gasteiger partial charge >= 0.3 is 0 Å². The van der Waals surface area contributed by atoms with E-state index in [9.17, 15) is 0 Å². The molecule has 0 atom stereocenters. The molecule has 3 heterocycles. The van der Waals surface area contributed by atoms with E-state index in [0.29, 0.717) is 0 Å². The minimum Gasteiger partial charge on any atom is -0.372 e. The zero-order chi connectivity index (χ0) is 20.8. The second-order valence-corrected chi connectivity index (χ2v) is 8.56. The van der Waals surface area contributed by atoms with Crippen LogP contribution in [0.2, 0.25) is 0 Å². The summed E-state index contributed by atoms with van der Waals surface area (Å²) in [5.74, 6) is 0. The molecule has 1 aliphatic heterocycles. The fourth-order valence-electron chi connectivity index (χ4n) is 5.07. The normalized spacial score (nSPS) is 14.5. The molecule has 0 radical (unpaired) electrons. The lowest BCUT2D eigenvalue weighted by atomic mass is 10.1. The van der Waals surface area contributed by atoms with Crippen LogP contribution >= 0.6 is 0 Å². The predicted molar refractivity (Wildman–Crippen MR) is 130 cm³/mol. The van der Waals surface area contributed by atoms with E-state index in [0.717, 1.165) is 22.4 Å². The minimum atomic E-state index is 1.11. The summed E-state index contributed by atoms with van der Waals surface area (Å²) >= 11 is 0. The molecule has 2 aromatic heterocycles. The molecule has 0 amide bonds. The van der Waals surface area contributed by atoms with E-state index in [4.69, 9.17) is 0 Å². The molecular weight excluding hydrogens is 380 g/mol. The summed E-state index contributed by atoms with van der Waals surface area (Å²) in [4.78, 5) is 6.17. The maximum Gasteiger partial charge on any atom is 0.240 e. The first-order chi connectivity index (χ1) is 15.3. The maximum atomic E-state index is 3.75. The number of hydrogen-bond donors (Lipinski definition) is 2. The van der Waals surface area contributed by atoms with Gasteiger partial charge < -0.3 is 15.2 Å². The Morgan fingerprint density at radius 3 is 2.32 bits per heavy atom. The highest BCUT2D eigenvalue weighted by molar-refractivity contribution is 6.13. The Balaban J connectivity index is 1.49. The van der Waals surface area contributed by atoms with Gasteiger partial charge in [0.1, 0.15) is 12.6 Å². The summed E-state index contributed by atoms with van der Waals surface area (Å²) in [6.07, 6.45) is 3.95. The number of aromatic nitrogens is 2. The summed E-state index contributed by atoms with van der Waals surface area (Å²) in [6, 6.07) is 26.1. The van der Waals surface area contributed by atoms with Crippen molar-refractivity contribution in [3.63, 3.8) is 0 Å². The number of anilines is 3. The van der Waals surface area contributed by atoms with Gasteiger partial charge in [-0.2, -0.15) is 4.57 Å². The standard InChI is InChI=1S/C27H26N4/c1-30-24-12-6-4-10-22(24)25(26-27(30)21-9-3-5-11-23(21)29-26)28-19-13-15-20(16-14-19)31-17-7-2-8-18-31/h3-6,9-16H,2,7-8,17-18H2,1H3,(H,28,29)/p+1. The third-order valence-corrected chi connectivity index (χ3v) is 6.66. The second-order valence-electron chi connectivity index (χ2n) is 8.56. The van der Waals surface area contributed by atoms with E-state index >= 15 is 0 Å². The molecule has 4 heteroatoms. The van der Waals surface area contributed by atoms with Crippen molar-refractivity contribution in [3.8, 4) is 0 Å². The lowest BCUT2D eigenvalue weighted by molar-refractivity contribution is -0.616. The summed E-state index contributed by atoms with van der Waals surface area (Å²) in [5, 5.41) is 6.20. The van der Waals surface area contributed by atoms with Gasteiger partial charge in [-0.15, -0.1) is 0 Å². The zero-order valence-electron chi connectivity index (χ0n) is 17.9. The van der Waals surface area contributed by atoms with Crippen LogP contribution in [0.15, 0.2) is 72.8 Å². The highest BCUT2D eigenvalue weighted by atomic mass is 15.1. The van der Waals surface area contributed by atoms with Gasteiger partial charge in [0.25, 0.3) is 0 Å². The molecule has 4 nitrogen and oxygen atoms in total. The van der Waals surface area contributed by atoms with E-state index < -0.39 is 0 Å². The van der Waals surface area contributed by atoms with E-state index in [1.54, 1.807) is 0 Å². The molecule has 2 N–H and O–H groups in total. The smallest absolute Gasteiger partial charge is 0.240 e. The Bertz CT molecular complexity index is 1390. The highest BCUT2D eigenvalue weighted by Crippen LogP contribution is 2.35. The molecule has 154 valence electrons. The minimum absolute atomic E-state index is 1.11. The third-order valence-electron chi connectivity index (χ3n) is 6.66. The molecule has 0 spiro atoms. The lowest BCUT2D eigenvalue weighted by Crippen LogP contribution is -2.30. The number of nitrogens with one attached hydrogen (secondary N) is 2. The van der Waals surface area contributed by atoms with Crippen molar-refractivity contribution in [1.82, 2.24) is 4.98 Å².